The lowest BCUT2D eigenvalue weighted by molar-refractivity contribution is -0.126. The Morgan fingerprint density at radius 3 is 2.82 bits per heavy atom. The molecule has 0 aromatic carbocycles. The summed E-state index contributed by atoms with van der Waals surface area (Å²) in [4.78, 5) is 16.8. The van der Waals surface area contributed by atoms with Gasteiger partial charge in [0, 0.05) is 39.3 Å². The molecule has 124 valence electrons. The van der Waals surface area contributed by atoms with Crippen LogP contribution < -0.4 is 5.32 Å². The zero-order chi connectivity index (χ0) is 15.8. The first-order valence-electron chi connectivity index (χ1n) is 8.05. The molecular formula is C16H27N3O3. The van der Waals surface area contributed by atoms with E-state index in [1.165, 1.54) is 0 Å². The zero-order valence-corrected chi connectivity index (χ0v) is 13.6. The summed E-state index contributed by atoms with van der Waals surface area (Å²) < 4.78 is 10.6. The average molecular weight is 309 g/mol. The molecule has 0 spiro atoms. The molecule has 1 aliphatic heterocycles. The number of hydrogen-bond donors (Lipinski definition) is 1. The Hall–Kier alpha value is -1.37. The lowest BCUT2D eigenvalue weighted by atomic mass is 10.2. The van der Waals surface area contributed by atoms with E-state index >= 15 is 0 Å². The van der Waals surface area contributed by atoms with E-state index < -0.39 is 0 Å². The number of nitrogens with zero attached hydrogens (tertiary/aromatic N) is 2. The van der Waals surface area contributed by atoms with Crippen LogP contribution in [-0.4, -0.2) is 67.7 Å². The highest BCUT2D eigenvalue weighted by Crippen LogP contribution is 2.07. The number of nitrogens with one attached hydrogen (secondary N) is 1. The molecule has 1 N–H and O–H groups in total. The fourth-order valence-corrected chi connectivity index (χ4v) is 2.61. The van der Waals surface area contributed by atoms with Crippen LogP contribution in [0.25, 0.3) is 0 Å². The molecule has 1 atom stereocenters. The molecule has 6 nitrogen and oxygen atoms in total. The molecule has 1 saturated heterocycles. The second-order valence-electron chi connectivity index (χ2n) is 5.55. The molecule has 1 aliphatic rings. The van der Waals surface area contributed by atoms with Gasteiger partial charge in [0.05, 0.1) is 25.5 Å². The van der Waals surface area contributed by atoms with Gasteiger partial charge in [0.2, 0.25) is 5.91 Å². The van der Waals surface area contributed by atoms with E-state index in [2.05, 4.69) is 15.1 Å². The van der Waals surface area contributed by atoms with E-state index in [0.717, 1.165) is 51.7 Å². The van der Waals surface area contributed by atoms with Crippen molar-refractivity contribution >= 4 is 5.91 Å². The number of rotatable bonds is 8. The van der Waals surface area contributed by atoms with Crippen LogP contribution in [-0.2, 0) is 16.1 Å². The molecule has 0 saturated carbocycles. The van der Waals surface area contributed by atoms with Crippen molar-refractivity contribution in [2.75, 3.05) is 45.9 Å². The monoisotopic (exact) mass is 309 g/mol. The number of piperazine rings is 1. The third kappa shape index (κ3) is 5.12. The maximum Gasteiger partial charge on any atom is 0.237 e. The summed E-state index contributed by atoms with van der Waals surface area (Å²) in [6, 6.07) is 3.58. The first-order chi connectivity index (χ1) is 10.7. The average Bonchev–Trinajstić information content (AvgIpc) is 3.06. The topological polar surface area (TPSA) is 58.0 Å². The van der Waals surface area contributed by atoms with E-state index in [0.29, 0.717) is 6.54 Å². The molecule has 2 rings (SSSR count). The van der Waals surface area contributed by atoms with E-state index in [-0.39, 0.29) is 11.9 Å². The van der Waals surface area contributed by atoms with E-state index in [9.17, 15) is 4.79 Å². The second-order valence-corrected chi connectivity index (χ2v) is 5.55. The fourth-order valence-electron chi connectivity index (χ4n) is 2.61. The first kappa shape index (κ1) is 17.0. The van der Waals surface area contributed by atoms with Crippen LogP contribution >= 0.6 is 0 Å². The van der Waals surface area contributed by atoms with Crippen LogP contribution in [0, 0.1) is 0 Å². The predicted octanol–water partition coefficient (Wildman–Crippen LogP) is 0.938. The van der Waals surface area contributed by atoms with Gasteiger partial charge in [0.25, 0.3) is 0 Å². The number of carbonyl (C=O) groups is 1. The van der Waals surface area contributed by atoms with Gasteiger partial charge >= 0.3 is 0 Å². The SMILES string of the molecule is CCOCCN1CCN([C@@H](C)C(=O)NCc2ccco2)CC1. The lowest BCUT2D eigenvalue weighted by Crippen LogP contribution is -2.54. The smallest absolute Gasteiger partial charge is 0.237 e. The van der Waals surface area contributed by atoms with Crippen molar-refractivity contribution in [2.24, 2.45) is 0 Å². The molecule has 2 heterocycles. The summed E-state index contributed by atoms with van der Waals surface area (Å²) in [6.07, 6.45) is 1.62. The van der Waals surface area contributed by atoms with Gasteiger partial charge in [0.15, 0.2) is 0 Å². The summed E-state index contributed by atoms with van der Waals surface area (Å²) in [5.41, 5.74) is 0. The number of hydrogen-bond acceptors (Lipinski definition) is 5. The molecule has 0 bridgehead atoms. The van der Waals surface area contributed by atoms with Crippen LogP contribution in [0.4, 0.5) is 0 Å². The van der Waals surface area contributed by atoms with E-state index in [1.54, 1.807) is 6.26 Å². The van der Waals surface area contributed by atoms with Crippen LogP contribution in [0.1, 0.15) is 19.6 Å². The van der Waals surface area contributed by atoms with Crippen LogP contribution in [0.2, 0.25) is 0 Å². The van der Waals surface area contributed by atoms with Gasteiger partial charge in [-0.15, -0.1) is 0 Å². The Kier molecular flexibility index (Phi) is 6.89. The number of furan rings is 1. The van der Waals surface area contributed by atoms with Gasteiger partial charge in [-0.1, -0.05) is 0 Å². The van der Waals surface area contributed by atoms with Gasteiger partial charge in [0.1, 0.15) is 5.76 Å². The van der Waals surface area contributed by atoms with E-state index in [1.807, 2.05) is 26.0 Å². The van der Waals surface area contributed by atoms with Gasteiger partial charge in [-0.25, -0.2) is 0 Å². The number of amides is 1. The largest absolute Gasteiger partial charge is 0.467 e. The third-order valence-electron chi connectivity index (χ3n) is 4.11. The molecule has 0 aliphatic carbocycles. The third-order valence-corrected chi connectivity index (χ3v) is 4.11. The van der Waals surface area contributed by atoms with E-state index in [4.69, 9.17) is 9.15 Å². The van der Waals surface area contributed by atoms with Gasteiger partial charge in [-0.2, -0.15) is 0 Å². The molecule has 1 fully saturated rings. The van der Waals surface area contributed by atoms with Crippen molar-refractivity contribution in [3.8, 4) is 0 Å². The minimum Gasteiger partial charge on any atom is -0.467 e. The van der Waals surface area contributed by atoms with Crippen LogP contribution in [0.5, 0.6) is 0 Å². The predicted molar refractivity (Wildman–Crippen MR) is 84.5 cm³/mol. The van der Waals surface area contributed by atoms with Gasteiger partial charge in [-0.3, -0.25) is 14.6 Å². The minimum absolute atomic E-state index is 0.0548. The highest BCUT2D eigenvalue weighted by molar-refractivity contribution is 5.81. The Morgan fingerprint density at radius 1 is 1.41 bits per heavy atom. The molecule has 0 unspecified atom stereocenters. The summed E-state index contributed by atoms with van der Waals surface area (Å²) >= 11 is 0. The molecular weight excluding hydrogens is 282 g/mol. The highest BCUT2D eigenvalue weighted by Gasteiger charge is 2.25. The Morgan fingerprint density at radius 2 is 2.18 bits per heavy atom. The Bertz CT molecular complexity index is 428. The Labute approximate surface area is 132 Å². The summed E-state index contributed by atoms with van der Waals surface area (Å²) in [6.45, 7) is 10.8. The van der Waals surface area contributed by atoms with Crippen molar-refractivity contribution in [1.29, 1.82) is 0 Å². The second kappa shape index (κ2) is 8.92. The van der Waals surface area contributed by atoms with Crippen molar-refractivity contribution in [3.63, 3.8) is 0 Å². The quantitative estimate of drug-likeness (QED) is 0.724. The molecule has 22 heavy (non-hydrogen) atoms. The molecule has 1 aromatic heterocycles. The molecule has 6 heteroatoms. The number of carbonyl (C=O) groups excluding carboxylic acids is 1. The maximum absolute atomic E-state index is 12.2. The lowest BCUT2D eigenvalue weighted by Gasteiger charge is -2.37. The maximum atomic E-state index is 12.2. The zero-order valence-electron chi connectivity index (χ0n) is 13.6. The van der Waals surface area contributed by atoms with Crippen molar-refractivity contribution < 1.29 is 13.9 Å². The highest BCUT2D eigenvalue weighted by atomic mass is 16.5. The number of ether oxygens (including phenoxy) is 1. The normalized spacial score (nSPS) is 18.3. The Balaban J connectivity index is 1.67. The first-order valence-corrected chi connectivity index (χ1v) is 8.05. The standard InChI is InChI=1S/C16H27N3O3/c1-3-21-12-10-18-6-8-19(9-7-18)14(2)16(20)17-13-15-5-4-11-22-15/h4-5,11,14H,3,6-10,12-13H2,1-2H3,(H,17,20)/t14-/m0/s1. The van der Waals surface area contributed by atoms with Gasteiger partial charge in [-0.05, 0) is 26.0 Å². The van der Waals surface area contributed by atoms with Gasteiger partial charge < -0.3 is 14.5 Å². The summed E-state index contributed by atoms with van der Waals surface area (Å²) in [5.74, 6) is 0.834. The van der Waals surface area contributed by atoms with Crippen LogP contribution in [0.3, 0.4) is 0 Å². The van der Waals surface area contributed by atoms with Crippen molar-refractivity contribution in [3.05, 3.63) is 24.2 Å². The minimum atomic E-state index is -0.107. The van der Waals surface area contributed by atoms with Crippen LogP contribution in [0.15, 0.2) is 22.8 Å². The molecule has 0 radical (unpaired) electrons. The molecule has 1 aromatic rings. The molecule has 1 amide bonds. The summed E-state index contributed by atoms with van der Waals surface area (Å²) in [7, 11) is 0. The fraction of sp³-hybridized carbons (Fsp3) is 0.688. The van der Waals surface area contributed by atoms with Crippen molar-refractivity contribution in [2.45, 2.75) is 26.4 Å². The summed E-state index contributed by atoms with van der Waals surface area (Å²) in [5, 5.41) is 2.93. The van der Waals surface area contributed by atoms with Crippen molar-refractivity contribution in [1.82, 2.24) is 15.1 Å².